The van der Waals surface area contributed by atoms with Crippen LogP contribution in [0, 0.1) is 0 Å². The molecular formula is C14H21NO2S. The summed E-state index contributed by atoms with van der Waals surface area (Å²) in [6, 6.07) is 6.21. The molecule has 1 aromatic rings. The van der Waals surface area contributed by atoms with Gasteiger partial charge in [-0.15, -0.1) is 11.8 Å². The maximum Gasteiger partial charge on any atom is 0.162 e. The van der Waals surface area contributed by atoms with Crippen LogP contribution in [0.3, 0.4) is 0 Å². The quantitative estimate of drug-likeness (QED) is 0.608. The third kappa shape index (κ3) is 4.10. The SMILES string of the molecule is CCNCCCCSc1ccc2c(c1)OCCO2. The molecule has 18 heavy (non-hydrogen) atoms. The molecule has 1 aliphatic heterocycles. The fraction of sp³-hybridized carbons (Fsp3) is 0.571. The Kier molecular flexibility index (Phi) is 5.68. The lowest BCUT2D eigenvalue weighted by molar-refractivity contribution is 0.171. The predicted molar refractivity (Wildman–Crippen MR) is 75.9 cm³/mol. The fourth-order valence-electron chi connectivity index (χ4n) is 1.83. The van der Waals surface area contributed by atoms with Crippen LogP contribution < -0.4 is 14.8 Å². The molecule has 0 aromatic heterocycles. The summed E-state index contributed by atoms with van der Waals surface area (Å²) in [6.07, 6.45) is 2.48. The Balaban J connectivity index is 1.72. The minimum absolute atomic E-state index is 0.657. The van der Waals surface area contributed by atoms with Crippen molar-refractivity contribution < 1.29 is 9.47 Å². The molecule has 0 atom stereocenters. The highest BCUT2D eigenvalue weighted by Crippen LogP contribution is 2.34. The molecule has 1 aromatic carbocycles. The lowest BCUT2D eigenvalue weighted by Crippen LogP contribution is -2.15. The molecule has 0 spiro atoms. The van der Waals surface area contributed by atoms with Crippen LogP contribution in [0.2, 0.25) is 0 Å². The van der Waals surface area contributed by atoms with Gasteiger partial charge in [-0.05, 0) is 49.9 Å². The number of nitrogens with one attached hydrogen (secondary N) is 1. The molecule has 1 N–H and O–H groups in total. The van der Waals surface area contributed by atoms with Gasteiger partial charge < -0.3 is 14.8 Å². The first-order chi connectivity index (χ1) is 8.90. The highest BCUT2D eigenvalue weighted by atomic mass is 32.2. The molecule has 100 valence electrons. The molecule has 0 radical (unpaired) electrons. The third-order valence-corrected chi connectivity index (χ3v) is 3.86. The zero-order valence-corrected chi connectivity index (χ0v) is 11.7. The molecule has 3 nitrogen and oxygen atoms in total. The molecule has 1 aliphatic rings. The number of rotatable bonds is 7. The van der Waals surface area contributed by atoms with Crippen molar-refractivity contribution in [3.8, 4) is 11.5 Å². The highest BCUT2D eigenvalue weighted by Gasteiger charge is 2.11. The zero-order valence-electron chi connectivity index (χ0n) is 10.9. The van der Waals surface area contributed by atoms with Crippen LogP contribution in [0.4, 0.5) is 0 Å². The van der Waals surface area contributed by atoms with Gasteiger partial charge in [-0.25, -0.2) is 0 Å². The van der Waals surface area contributed by atoms with Gasteiger partial charge in [0.1, 0.15) is 13.2 Å². The van der Waals surface area contributed by atoms with E-state index in [0.29, 0.717) is 13.2 Å². The highest BCUT2D eigenvalue weighted by molar-refractivity contribution is 7.99. The topological polar surface area (TPSA) is 30.5 Å². The van der Waals surface area contributed by atoms with Gasteiger partial charge in [-0.2, -0.15) is 0 Å². The van der Waals surface area contributed by atoms with Gasteiger partial charge in [0.05, 0.1) is 0 Å². The van der Waals surface area contributed by atoms with Gasteiger partial charge in [0.15, 0.2) is 11.5 Å². The van der Waals surface area contributed by atoms with Crippen LogP contribution in [0.25, 0.3) is 0 Å². The van der Waals surface area contributed by atoms with E-state index in [0.717, 1.165) is 30.3 Å². The summed E-state index contributed by atoms with van der Waals surface area (Å²) in [6.45, 7) is 5.64. The number of fused-ring (bicyclic) bond motifs is 1. The second-order valence-electron chi connectivity index (χ2n) is 4.21. The fourth-order valence-corrected chi connectivity index (χ4v) is 2.77. The molecule has 0 fully saturated rings. The maximum absolute atomic E-state index is 5.58. The van der Waals surface area contributed by atoms with E-state index < -0.39 is 0 Å². The minimum atomic E-state index is 0.657. The Bertz CT molecular complexity index is 371. The smallest absolute Gasteiger partial charge is 0.162 e. The van der Waals surface area contributed by atoms with Crippen molar-refractivity contribution in [1.29, 1.82) is 0 Å². The van der Waals surface area contributed by atoms with Crippen LogP contribution in [0.15, 0.2) is 23.1 Å². The molecule has 0 amide bonds. The van der Waals surface area contributed by atoms with Gasteiger partial charge in [-0.3, -0.25) is 0 Å². The lowest BCUT2D eigenvalue weighted by atomic mass is 10.3. The van der Waals surface area contributed by atoms with Crippen molar-refractivity contribution in [2.24, 2.45) is 0 Å². The maximum atomic E-state index is 5.58. The molecule has 1 heterocycles. The molecule has 0 aliphatic carbocycles. The normalized spacial score (nSPS) is 13.6. The number of hydrogen-bond donors (Lipinski definition) is 1. The average molecular weight is 267 g/mol. The number of thioether (sulfide) groups is 1. The van der Waals surface area contributed by atoms with E-state index in [4.69, 9.17) is 9.47 Å². The van der Waals surface area contributed by atoms with E-state index in [-0.39, 0.29) is 0 Å². The molecule has 0 saturated carbocycles. The van der Waals surface area contributed by atoms with Crippen LogP contribution in [-0.4, -0.2) is 32.1 Å². The Labute approximate surface area is 113 Å². The lowest BCUT2D eigenvalue weighted by Gasteiger charge is -2.18. The average Bonchev–Trinajstić information content (AvgIpc) is 2.42. The summed E-state index contributed by atoms with van der Waals surface area (Å²) < 4.78 is 11.1. The van der Waals surface area contributed by atoms with Gasteiger partial charge >= 0.3 is 0 Å². The van der Waals surface area contributed by atoms with Crippen LogP contribution in [-0.2, 0) is 0 Å². The first-order valence-corrected chi connectivity index (χ1v) is 7.62. The van der Waals surface area contributed by atoms with Crippen molar-refractivity contribution in [2.75, 3.05) is 32.1 Å². The number of benzene rings is 1. The van der Waals surface area contributed by atoms with E-state index >= 15 is 0 Å². The summed E-state index contributed by atoms with van der Waals surface area (Å²) in [4.78, 5) is 1.27. The summed E-state index contributed by atoms with van der Waals surface area (Å²) in [5.41, 5.74) is 0. The largest absolute Gasteiger partial charge is 0.486 e. The first-order valence-electron chi connectivity index (χ1n) is 6.63. The van der Waals surface area contributed by atoms with E-state index in [2.05, 4.69) is 24.4 Å². The van der Waals surface area contributed by atoms with E-state index in [1.807, 2.05) is 17.8 Å². The Morgan fingerprint density at radius 3 is 2.83 bits per heavy atom. The molecule has 0 unspecified atom stereocenters. The Morgan fingerprint density at radius 2 is 2.00 bits per heavy atom. The molecule has 0 bridgehead atoms. The van der Waals surface area contributed by atoms with Crippen molar-refractivity contribution in [3.63, 3.8) is 0 Å². The number of hydrogen-bond acceptors (Lipinski definition) is 4. The first kappa shape index (κ1) is 13.6. The van der Waals surface area contributed by atoms with Gasteiger partial charge in [0.25, 0.3) is 0 Å². The van der Waals surface area contributed by atoms with Crippen LogP contribution in [0.5, 0.6) is 11.5 Å². The molecule has 2 rings (SSSR count). The Hall–Kier alpha value is -0.870. The van der Waals surface area contributed by atoms with E-state index in [1.54, 1.807) is 0 Å². The van der Waals surface area contributed by atoms with E-state index in [9.17, 15) is 0 Å². The van der Waals surface area contributed by atoms with Crippen molar-refractivity contribution >= 4 is 11.8 Å². The third-order valence-electron chi connectivity index (χ3n) is 2.78. The van der Waals surface area contributed by atoms with Crippen LogP contribution in [0.1, 0.15) is 19.8 Å². The zero-order chi connectivity index (χ0) is 12.6. The molecule has 4 heteroatoms. The summed E-state index contributed by atoms with van der Waals surface area (Å²) in [5.74, 6) is 2.92. The molecular weight excluding hydrogens is 246 g/mol. The van der Waals surface area contributed by atoms with Crippen molar-refractivity contribution in [2.45, 2.75) is 24.7 Å². The van der Waals surface area contributed by atoms with Gasteiger partial charge in [-0.1, -0.05) is 6.92 Å². The van der Waals surface area contributed by atoms with Gasteiger partial charge in [0.2, 0.25) is 0 Å². The minimum Gasteiger partial charge on any atom is -0.486 e. The molecule has 0 saturated heterocycles. The second-order valence-corrected chi connectivity index (χ2v) is 5.38. The summed E-state index contributed by atoms with van der Waals surface area (Å²) in [5, 5.41) is 3.34. The van der Waals surface area contributed by atoms with Crippen molar-refractivity contribution in [1.82, 2.24) is 5.32 Å². The summed E-state index contributed by atoms with van der Waals surface area (Å²) in [7, 11) is 0. The van der Waals surface area contributed by atoms with Gasteiger partial charge in [0, 0.05) is 4.90 Å². The van der Waals surface area contributed by atoms with Crippen LogP contribution >= 0.6 is 11.8 Å². The number of ether oxygens (including phenoxy) is 2. The standard InChI is InChI=1S/C14H21NO2S/c1-2-15-7-3-4-10-18-12-5-6-13-14(11-12)17-9-8-16-13/h5-6,11,15H,2-4,7-10H2,1H3. The predicted octanol–water partition coefficient (Wildman–Crippen LogP) is 2.94. The second kappa shape index (κ2) is 7.54. The van der Waals surface area contributed by atoms with E-state index in [1.165, 1.54) is 17.7 Å². The van der Waals surface area contributed by atoms with Crippen molar-refractivity contribution in [3.05, 3.63) is 18.2 Å². The number of unbranched alkanes of at least 4 members (excludes halogenated alkanes) is 1. The summed E-state index contributed by atoms with van der Waals surface area (Å²) >= 11 is 1.89. The Morgan fingerprint density at radius 1 is 1.17 bits per heavy atom. The monoisotopic (exact) mass is 267 g/mol.